The van der Waals surface area contributed by atoms with Gasteiger partial charge in [0, 0.05) is 0 Å². The Balaban J connectivity index is 4.17. The maximum Gasteiger partial charge on any atom is 0.308 e. The third kappa shape index (κ3) is 4.97. The van der Waals surface area contributed by atoms with E-state index in [1.165, 1.54) is 7.11 Å². The average Bonchev–Trinajstić information content (AvgIpc) is 2.14. The van der Waals surface area contributed by atoms with E-state index in [-0.39, 0.29) is 6.42 Å². The van der Waals surface area contributed by atoms with E-state index < -0.39 is 11.6 Å². The van der Waals surface area contributed by atoms with Gasteiger partial charge in [-0.15, -0.1) is 0 Å². The maximum absolute atomic E-state index is 10.9. The van der Waals surface area contributed by atoms with Gasteiger partial charge in [-0.05, 0) is 18.8 Å². The van der Waals surface area contributed by atoms with Gasteiger partial charge in [-0.3, -0.25) is 4.79 Å². The molecule has 0 amide bonds. The first kappa shape index (κ1) is 13.1. The van der Waals surface area contributed by atoms with Crippen LogP contribution < -0.4 is 0 Å². The van der Waals surface area contributed by atoms with Crippen LogP contribution in [0.5, 0.6) is 0 Å². The van der Waals surface area contributed by atoms with Gasteiger partial charge in [0.2, 0.25) is 0 Å². The van der Waals surface area contributed by atoms with Crippen LogP contribution >= 0.6 is 0 Å². The van der Waals surface area contributed by atoms with E-state index in [9.17, 15) is 14.7 Å². The topological polar surface area (TPSA) is 63.6 Å². The van der Waals surface area contributed by atoms with E-state index in [2.05, 4.69) is 4.74 Å². The highest BCUT2D eigenvalue weighted by molar-refractivity contribution is 5.77. The van der Waals surface area contributed by atoms with Crippen molar-refractivity contribution < 1.29 is 19.4 Å². The standard InChI is InChI=1S/C10H18O4/c1-8(2)4-5-10(13,7-11)6-9(12)14-3/h7-8,13H,4-6H2,1-3H3. The molecule has 0 aromatic heterocycles. The Bertz CT molecular complexity index is 200. The number of carbonyl (C=O) groups excluding carboxylic acids is 2. The largest absolute Gasteiger partial charge is 0.469 e. The third-order valence-corrected chi connectivity index (χ3v) is 2.05. The van der Waals surface area contributed by atoms with Gasteiger partial charge in [0.25, 0.3) is 0 Å². The lowest BCUT2D eigenvalue weighted by Crippen LogP contribution is -2.34. The highest BCUT2D eigenvalue weighted by atomic mass is 16.5. The third-order valence-electron chi connectivity index (χ3n) is 2.05. The Morgan fingerprint density at radius 3 is 2.50 bits per heavy atom. The minimum Gasteiger partial charge on any atom is -0.469 e. The molecule has 14 heavy (non-hydrogen) atoms. The van der Waals surface area contributed by atoms with Crippen molar-refractivity contribution >= 4 is 12.3 Å². The quantitative estimate of drug-likeness (QED) is 0.513. The summed E-state index contributed by atoms with van der Waals surface area (Å²) < 4.78 is 4.40. The molecule has 1 atom stereocenters. The number of esters is 1. The van der Waals surface area contributed by atoms with E-state index >= 15 is 0 Å². The van der Waals surface area contributed by atoms with Gasteiger partial charge < -0.3 is 14.6 Å². The Kier molecular flexibility index (Phi) is 5.38. The lowest BCUT2D eigenvalue weighted by Gasteiger charge is -2.20. The van der Waals surface area contributed by atoms with Crippen molar-refractivity contribution in [2.75, 3.05) is 7.11 Å². The van der Waals surface area contributed by atoms with Crippen molar-refractivity contribution in [3.63, 3.8) is 0 Å². The SMILES string of the molecule is COC(=O)CC(O)(C=O)CCC(C)C. The fraction of sp³-hybridized carbons (Fsp3) is 0.800. The van der Waals surface area contributed by atoms with Gasteiger partial charge in [0.1, 0.15) is 5.60 Å². The molecule has 0 rings (SSSR count). The van der Waals surface area contributed by atoms with Crippen molar-refractivity contribution in [3.8, 4) is 0 Å². The first-order valence-electron chi connectivity index (χ1n) is 4.69. The molecule has 0 aromatic carbocycles. The van der Waals surface area contributed by atoms with Gasteiger partial charge in [-0.2, -0.15) is 0 Å². The molecule has 0 aromatic rings. The number of rotatable bonds is 6. The number of aldehydes is 1. The minimum atomic E-state index is -1.56. The zero-order valence-corrected chi connectivity index (χ0v) is 8.95. The van der Waals surface area contributed by atoms with Crippen molar-refractivity contribution in [1.29, 1.82) is 0 Å². The molecule has 0 heterocycles. The Morgan fingerprint density at radius 1 is 1.57 bits per heavy atom. The lowest BCUT2D eigenvalue weighted by atomic mass is 9.92. The van der Waals surface area contributed by atoms with Crippen LogP contribution in [-0.2, 0) is 14.3 Å². The van der Waals surface area contributed by atoms with E-state index in [4.69, 9.17) is 0 Å². The number of methoxy groups -OCH3 is 1. The van der Waals surface area contributed by atoms with Crippen molar-refractivity contribution in [1.82, 2.24) is 0 Å². The van der Waals surface area contributed by atoms with Crippen LogP contribution in [0.2, 0.25) is 0 Å². The number of ether oxygens (including phenoxy) is 1. The summed E-state index contributed by atoms with van der Waals surface area (Å²) in [6, 6.07) is 0. The number of hydrogen-bond acceptors (Lipinski definition) is 4. The van der Waals surface area contributed by atoms with Crippen LogP contribution in [0.1, 0.15) is 33.1 Å². The molecule has 0 saturated heterocycles. The van der Waals surface area contributed by atoms with Gasteiger partial charge in [-0.25, -0.2) is 0 Å². The van der Waals surface area contributed by atoms with Crippen molar-refractivity contribution in [3.05, 3.63) is 0 Å². The molecule has 0 spiro atoms. The zero-order chi connectivity index (χ0) is 11.2. The first-order chi connectivity index (χ1) is 6.43. The minimum absolute atomic E-state index is 0.264. The van der Waals surface area contributed by atoms with Crippen molar-refractivity contribution in [2.24, 2.45) is 5.92 Å². The number of aliphatic hydroxyl groups is 1. The summed E-state index contributed by atoms with van der Waals surface area (Å²) in [5.74, 6) is -0.178. The summed E-state index contributed by atoms with van der Waals surface area (Å²) in [5.41, 5.74) is -1.56. The summed E-state index contributed by atoms with van der Waals surface area (Å²) in [5, 5.41) is 9.70. The predicted molar refractivity (Wildman–Crippen MR) is 51.7 cm³/mol. The second-order valence-electron chi connectivity index (χ2n) is 3.91. The van der Waals surface area contributed by atoms with Gasteiger partial charge >= 0.3 is 5.97 Å². The maximum atomic E-state index is 10.9. The van der Waals surface area contributed by atoms with E-state index in [1.54, 1.807) is 0 Å². The molecule has 4 heteroatoms. The van der Waals surface area contributed by atoms with Gasteiger partial charge in [-0.1, -0.05) is 13.8 Å². The highest BCUT2D eigenvalue weighted by Crippen LogP contribution is 2.18. The molecule has 0 aliphatic rings. The second-order valence-corrected chi connectivity index (χ2v) is 3.91. The molecule has 0 aliphatic heterocycles. The fourth-order valence-corrected chi connectivity index (χ4v) is 1.05. The van der Waals surface area contributed by atoms with Crippen LogP contribution in [0, 0.1) is 5.92 Å². The van der Waals surface area contributed by atoms with Crippen LogP contribution in [0.4, 0.5) is 0 Å². The second kappa shape index (κ2) is 5.75. The van der Waals surface area contributed by atoms with E-state index in [0.717, 1.165) is 0 Å². The molecule has 0 aliphatic carbocycles. The Hall–Kier alpha value is -0.900. The predicted octanol–water partition coefficient (Wildman–Crippen LogP) is 0.916. The summed E-state index contributed by atoms with van der Waals surface area (Å²) in [6.45, 7) is 3.98. The molecule has 4 nitrogen and oxygen atoms in total. The molecule has 0 radical (unpaired) electrons. The molecule has 1 unspecified atom stereocenters. The van der Waals surface area contributed by atoms with Gasteiger partial charge in [0.05, 0.1) is 13.5 Å². The lowest BCUT2D eigenvalue weighted by molar-refractivity contribution is -0.149. The molecule has 0 fully saturated rings. The summed E-state index contributed by atoms with van der Waals surface area (Å²) in [4.78, 5) is 21.5. The summed E-state index contributed by atoms with van der Waals surface area (Å²) >= 11 is 0. The Labute approximate surface area is 84.3 Å². The monoisotopic (exact) mass is 202 g/mol. The van der Waals surface area contributed by atoms with E-state index in [1.807, 2.05) is 13.8 Å². The summed E-state index contributed by atoms with van der Waals surface area (Å²) in [7, 11) is 1.23. The van der Waals surface area contributed by atoms with Crippen molar-refractivity contribution in [2.45, 2.75) is 38.7 Å². The van der Waals surface area contributed by atoms with Gasteiger partial charge in [0.15, 0.2) is 6.29 Å². The number of hydrogen-bond donors (Lipinski definition) is 1. The van der Waals surface area contributed by atoms with E-state index in [0.29, 0.717) is 25.0 Å². The average molecular weight is 202 g/mol. The number of carbonyl (C=O) groups is 2. The van der Waals surface area contributed by atoms with Crippen LogP contribution in [0.25, 0.3) is 0 Å². The summed E-state index contributed by atoms with van der Waals surface area (Å²) in [6.07, 6.45) is 1.15. The van der Waals surface area contributed by atoms with Crippen LogP contribution in [0.3, 0.4) is 0 Å². The zero-order valence-electron chi connectivity index (χ0n) is 8.95. The molecule has 0 saturated carbocycles. The molecular weight excluding hydrogens is 184 g/mol. The molecule has 1 N–H and O–H groups in total. The fourth-order valence-electron chi connectivity index (χ4n) is 1.05. The van der Waals surface area contributed by atoms with Crippen LogP contribution in [-0.4, -0.2) is 30.1 Å². The normalized spacial score (nSPS) is 14.9. The van der Waals surface area contributed by atoms with Crippen LogP contribution in [0.15, 0.2) is 0 Å². The molecule has 0 bridgehead atoms. The first-order valence-corrected chi connectivity index (χ1v) is 4.69. The smallest absolute Gasteiger partial charge is 0.308 e. The Morgan fingerprint density at radius 2 is 2.14 bits per heavy atom. The molecule has 82 valence electrons. The highest BCUT2D eigenvalue weighted by Gasteiger charge is 2.29. The molecular formula is C10H18O4.